The number of halogens is 3. The summed E-state index contributed by atoms with van der Waals surface area (Å²) in [5.41, 5.74) is -0.771. The fourth-order valence-electron chi connectivity index (χ4n) is 6.45. The van der Waals surface area contributed by atoms with Crippen LogP contribution in [-0.2, 0) is 19.2 Å². The minimum absolute atomic E-state index is 0.0713. The lowest BCUT2D eigenvalue weighted by molar-refractivity contribution is -0.176. The molecule has 2 heterocycles. The van der Waals surface area contributed by atoms with Gasteiger partial charge in [-0.25, -0.2) is 0 Å². The summed E-state index contributed by atoms with van der Waals surface area (Å²) in [6.07, 6.45) is -5.93. The molecule has 42 heavy (non-hydrogen) atoms. The molecule has 0 unspecified atom stereocenters. The van der Waals surface area contributed by atoms with Crippen molar-refractivity contribution >= 4 is 23.6 Å². The quantitative estimate of drug-likeness (QED) is 0.403. The topological polar surface area (TPSA) is 141 Å². The average molecular weight is 592 g/mol. The molecule has 1 aromatic carbocycles. The molecular formula is C29H36F3N5O5. The van der Waals surface area contributed by atoms with Crippen LogP contribution in [-0.4, -0.2) is 71.0 Å². The number of nitrogens with one attached hydrogen (secondary N) is 3. The largest absolute Gasteiger partial charge is 0.488 e. The van der Waals surface area contributed by atoms with Crippen LogP contribution in [0.4, 0.5) is 13.2 Å². The van der Waals surface area contributed by atoms with E-state index in [4.69, 9.17) is 4.74 Å². The Morgan fingerprint density at radius 1 is 1.17 bits per heavy atom. The molecule has 7 atom stereocenters. The second kappa shape index (κ2) is 11.1. The number of rotatable bonds is 9. The van der Waals surface area contributed by atoms with E-state index in [1.54, 1.807) is 35.6 Å². The molecule has 2 aliphatic heterocycles. The number of hydrogen-bond acceptors (Lipinski definition) is 6. The number of carbonyl (C=O) groups excluding carboxylic acids is 4. The first-order valence-corrected chi connectivity index (χ1v) is 13.9. The molecule has 0 aromatic heterocycles. The number of alkyl halides is 3. The Labute approximate surface area is 242 Å². The smallest absolute Gasteiger partial charge is 0.471 e. The van der Waals surface area contributed by atoms with Gasteiger partial charge in [-0.2, -0.15) is 18.4 Å². The fraction of sp³-hybridized carbons (Fsp3) is 0.621. The number of para-hydroxylation sites is 1. The standard InChI is InChI=1S/C29H36F3N5O5/c1-15(42-18-9-7-6-8-10-18)21(35-26(41)29(30,31)32)25(40)37-14-19-20(28(19,4)5)22(37)24(39)34-17(13-33)11-16-12-27(2,3)36-23(16)38/h6-10,15-17,19-22H,11-12,14H2,1-5H3,(H,34,39)(H,35,41)(H,36,38)/t15-,16-,17+,19+,20+,21+,22+/m1/s1. The zero-order chi connectivity index (χ0) is 31.2. The van der Waals surface area contributed by atoms with Crippen LogP contribution in [0.3, 0.4) is 0 Å². The number of benzene rings is 1. The van der Waals surface area contributed by atoms with Gasteiger partial charge in [0.2, 0.25) is 17.7 Å². The van der Waals surface area contributed by atoms with E-state index in [2.05, 4.69) is 10.6 Å². The van der Waals surface area contributed by atoms with Crippen molar-refractivity contribution < 1.29 is 37.1 Å². The van der Waals surface area contributed by atoms with E-state index in [1.807, 2.05) is 33.8 Å². The molecule has 0 bridgehead atoms. The zero-order valence-corrected chi connectivity index (χ0v) is 24.1. The molecule has 1 saturated carbocycles. The summed E-state index contributed by atoms with van der Waals surface area (Å²) in [6.45, 7) is 9.03. The molecule has 3 fully saturated rings. The van der Waals surface area contributed by atoms with Crippen LogP contribution in [0.2, 0.25) is 0 Å². The predicted molar refractivity (Wildman–Crippen MR) is 143 cm³/mol. The van der Waals surface area contributed by atoms with E-state index in [9.17, 15) is 37.6 Å². The lowest BCUT2D eigenvalue weighted by Crippen LogP contribution is -2.61. The van der Waals surface area contributed by atoms with Crippen LogP contribution in [0.1, 0.15) is 47.5 Å². The van der Waals surface area contributed by atoms with Crippen molar-refractivity contribution in [3.8, 4) is 11.8 Å². The molecule has 2 saturated heterocycles. The van der Waals surface area contributed by atoms with Gasteiger partial charge in [0.25, 0.3) is 0 Å². The molecule has 0 spiro atoms. The van der Waals surface area contributed by atoms with E-state index in [-0.39, 0.29) is 41.9 Å². The molecule has 3 N–H and O–H groups in total. The summed E-state index contributed by atoms with van der Waals surface area (Å²) in [6, 6.07) is 6.26. The van der Waals surface area contributed by atoms with Crippen LogP contribution in [0.15, 0.2) is 30.3 Å². The van der Waals surface area contributed by atoms with Gasteiger partial charge in [0.1, 0.15) is 30.0 Å². The number of likely N-dealkylation sites (tertiary alicyclic amines) is 1. The number of nitrogens with zero attached hydrogens (tertiary/aromatic N) is 2. The van der Waals surface area contributed by atoms with Crippen molar-refractivity contribution in [3.05, 3.63) is 30.3 Å². The fourth-order valence-corrected chi connectivity index (χ4v) is 6.45. The third kappa shape index (κ3) is 6.32. The highest BCUT2D eigenvalue weighted by Gasteiger charge is 2.70. The highest BCUT2D eigenvalue weighted by atomic mass is 19.4. The minimum atomic E-state index is -5.25. The number of amides is 4. The van der Waals surface area contributed by atoms with Crippen LogP contribution in [0.25, 0.3) is 0 Å². The first-order valence-electron chi connectivity index (χ1n) is 13.9. The number of ether oxygens (including phenoxy) is 1. The Bertz CT molecular complexity index is 1280. The van der Waals surface area contributed by atoms with E-state index < -0.39 is 59.6 Å². The maximum atomic E-state index is 13.8. The SMILES string of the molecule is C[C@@H](Oc1ccccc1)[C@H](NC(=O)C(F)(F)F)C(=O)N1C[C@H]2[C@@H]([C@H]1C(=O)N[C@H](C#N)C[C@@H]1CC(C)(C)NC1=O)C2(C)C. The van der Waals surface area contributed by atoms with Gasteiger partial charge in [0.05, 0.1) is 6.07 Å². The first kappa shape index (κ1) is 31.1. The highest BCUT2D eigenvalue weighted by molar-refractivity contribution is 5.95. The van der Waals surface area contributed by atoms with Gasteiger partial charge in [0.15, 0.2) is 0 Å². The summed E-state index contributed by atoms with van der Waals surface area (Å²) in [5, 5.41) is 17.1. The van der Waals surface area contributed by atoms with Gasteiger partial charge >= 0.3 is 12.1 Å². The van der Waals surface area contributed by atoms with Crippen LogP contribution in [0, 0.1) is 34.5 Å². The highest BCUT2D eigenvalue weighted by Crippen LogP contribution is 2.65. The molecule has 1 aromatic rings. The molecule has 10 nitrogen and oxygen atoms in total. The number of piperidine rings is 1. The number of carbonyl (C=O) groups is 4. The Balaban J connectivity index is 1.55. The van der Waals surface area contributed by atoms with E-state index in [0.717, 1.165) is 0 Å². The van der Waals surface area contributed by atoms with E-state index in [1.165, 1.54) is 11.8 Å². The maximum absolute atomic E-state index is 13.8. The van der Waals surface area contributed by atoms with Gasteiger partial charge in [-0.15, -0.1) is 0 Å². The lowest BCUT2D eigenvalue weighted by atomic mass is 9.91. The summed E-state index contributed by atoms with van der Waals surface area (Å²) in [4.78, 5) is 53.0. The Hall–Kier alpha value is -3.82. The summed E-state index contributed by atoms with van der Waals surface area (Å²) in [7, 11) is 0. The van der Waals surface area contributed by atoms with Gasteiger partial charge in [-0.05, 0) is 63.0 Å². The minimum Gasteiger partial charge on any atom is -0.488 e. The molecule has 13 heteroatoms. The molecule has 1 aliphatic carbocycles. The number of hydrogen-bond donors (Lipinski definition) is 3. The van der Waals surface area contributed by atoms with Gasteiger partial charge in [0, 0.05) is 18.0 Å². The van der Waals surface area contributed by atoms with Crippen molar-refractivity contribution in [3.63, 3.8) is 0 Å². The third-order valence-corrected chi connectivity index (χ3v) is 8.69. The number of fused-ring (bicyclic) bond motifs is 1. The first-order chi connectivity index (χ1) is 19.5. The van der Waals surface area contributed by atoms with Gasteiger partial charge < -0.3 is 25.6 Å². The Morgan fingerprint density at radius 3 is 2.36 bits per heavy atom. The zero-order valence-electron chi connectivity index (χ0n) is 24.1. The van der Waals surface area contributed by atoms with Gasteiger partial charge in [-0.3, -0.25) is 19.2 Å². The Morgan fingerprint density at radius 2 is 1.81 bits per heavy atom. The van der Waals surface area contributed by atoms with E-state index >= 15 is 0 Å². The molecule has 4 amide bonds. The van der Waals surface area contributed by atoms with Crippen molar-refractivity contribution in [2.75, 3.05) is 6.54 Å². The summed E-state index contributed by atoms with van der Waals surface area (Å²) in [5.74, 6) is -4.69. The predicted octanol–water partition coefficient (Wildman–Crippen LogP) is 2.30. The van der Waals surface area contributed by atoms with Gasteiger partial charge in [-0.1, -0.05) is 32.0 Å². The monoisotopic (exact) mass is 591 g/mol. The maximum Gasteiger partial charge on any atom is 0.471 e. The van der Waals surface area contributed by atoms with Crippen molar-refractivity contribution in [1.29, 1.82) is 5.26 Å². The van der Waals surface area contributed by atoms with Crippen molar-refractivity contribution in [1.82, 2.24) is 20.9 Å². The van der Waals surface area contributed by atoms with Crippen LogP contribution >= 0.6 is 0 Å². The Kier molecular flexibility index (Phi) is 8.23. The molecule has 3 aliphatic rings. The van der Waals surface area contributed by atoms with Crippen LogP contribution < -0.4 is 20.7 Å². The molecule has 228 valence electrons. The van der Waals surface area contributed by atoms with Crippen molar-refractivity contribution in [2.45, 2.75) is 83.4 Å². The summed E-state index contributed by atoms with van der Waals surface area (Å²) < 4.78 is 45.4. The lowest BCUT2D eigenvalue weighted by Gasteiger charge is -2.35. The third-order valence-electron chi connectivity index (χ3n) is 8.69. The van der Waals surface area contributed by atoms with Crippen LogP contribution in [0.5, 0.6) is 5.75 Å². The van der Waals surface area contributed by atoms with Crippen molar-refractivity contribution in [2.24, 2.45) is 23.2 Å². The molecular weight excluding hydrogens is 555 g/mol. The normalized spacial score (nSPS) is 27.5. The van der Waals surface area contributed by atoms with E-state index in [0.29, 0.717) is 6.42 Å². The second-order valence-corrected chi connectivity index (χ2v) is 12.7. The second-order valence-electron chi connectivity index (χ2n) is 12.7. The number of nitriles is 1. The summed E-state index contributed by atoms with van der Waals surface area (Å²) >= 11 is 0. The molecule has 0 radical (unpaired) electrons. The molecule has 4 rings (SSSR count). The average Bonchev–Trinajstić information content (AvgIpc) is 3.18.